The number of esters is 1. The summed E-state index contributed by atoms with van der Waals surface area (Å²) < 4.78 is 10.8. The SMILES string of the molecule is CCCCCC[C@H]1C[C@@H](O)C[C@@H](CC(=O)OCC)O1. The van der Waals surface area contributed by atoms with Gasteiger partial charge in [-0.3, -0.25) is 4.79 Å². The van der Waals surface area contributed by atoms with Gasteiger partial charge in [0.15, 0.2) is 0 Å². The van der Waals surface area contributed by atoms with Crippen molar-refractivity contribution in [3.63, 3.8) is 0 Å². The summed E-state index contributed by atoms with van der Waals surface area (Å²) in [5, 5.41) is 9.86. The minimum Gasteiger partial charge on any atom is -0.466 e. The number of rotatable bonds is 8. The molecule has 0 aromatic heterocycles. The fraction of sp³-hybridized carbons (Fsp3) is 0.933. The van der Waals surface area contributed by atoms with Crippen molar-refractivity contribution in [1.29, 1.82) is 0 Å². The van der Waals surface area contributed by atoms with Crippen LogP contribution in [0.4, 0.5) is 0 Å². The first-order chi connectivity index (χ1) is 9.15. The zero-order chi connectivity index (χ0) is 14.1. The number of ether oxygens (including phenoxy) is 2. The standard InChI is InChI=1S/C15H28O4/c1-3-5-6-7-8-13-9-12(16)10-14(19-13)11-15(17)18-4-2/h12-14,16H,3-11H2,1-2H3/t12-,13+,14+/m1/s1. The molecule has 0 bridgehead atoms. The van der Waals surface area contributed by atoms with E-state index in [1.54, 1.807) is 6.92 Å². The number of carbonyl (C=O) groups excluding carboxylic acids is 1. The molecule has 0 aromatic carbocycles. The highest BCUT2D eigenvalue weighted by atomic mass is 16.5. The highest BCUT2D eigenvalue weighted by molar-refractivity contribution is 5.69. The Labute approximate surface area is 116 Å². The molecule has 1 rings (SSSR count). The molecule has 4 nitrogen and oxygen atoms in total. The van der Waals surface area contributed by atoms with Gasteiger partial charge in [0.05, 0.1) is 31.3 Å². The van der Waals surface area contributed by atoms with Crippen molar-refractivity contribution in [2.45, 2.75) is 83.5 Å². The lowest BCUT2D eigenvalue weighted by Gasteiger charge is -2.33. The largest absolute Gasteiger partial charge is 0.466 e. The second kappa shape index (κ2) is 9.32. The molecule has 0 radical (unpaired) electrons. The van der Waals surface area contributed by atoms with Gasteiger partial charge < -0.3 is 14.6 Å². The molecule has 1 saturated heterocycles. The van der Waals surface area contributed by atoms with Gasteiger partial charge in [0.2, 0.25) is 0 Å². The van der Waals surface area contributed by atoms with E-state index in [0.717, 1.165) is 12.8 Å². The van der Waals surface area contributed by atoms with Crippen LogP contribution in [0.2, 0.25) is 0 Å². The summed E-state index contributed by atoms with van der Waals surface area (Å²) in [5.74, 6) is -0.230. The summed E-state index contributed by atoms with van der Waals surface area (Å²) >= 11 is 0. The Morgan fingerprint density at radius 2 is 1.95 bits per heavy atom. The van der Waals surface area contributed by atoms with E-state index >= 15 is 0 Å². The minimum absolute atomic E-state index is 0.0973. The fourth-order valence-electron chi connectivity index (χ4n) is 2.61. The molecule has 1 heterocycles. The predicted octanol–water partition coefficient (Wildman–Crippen LogP) is 2.82. The predicted molar refractivity (Wildman–Crippen MR) is 73.9 cm³/mol. The molecule has 3 atom stereocenters. The molecule has 0 saturated carbocycles. The summed E-state index contributed by atoms with van der Waals surface area (Å²) in [6, 6.07) is 0. The van der Waals surface area contributed by atoms with Gasteiger partial charge in [-0.15, -0.1) is 0 Å². The highest BCUT2D eigenvalue weighted by Gasteiger charge is 2.29. The van der Waals surface area contributed by atoms with Crippen molar-refractivity contribution in [3.05, 3.63) is 0 Å². The van der Waals surface area contributed by atoms with E-state index in [1.165, 1.54) is 19.3 Å². The van der Waals surface area contributed by atoms with Crippen molar-refractivity contribution in [2.75, 3.05) is 6.61 Å². The van der Waals surface area contributed by atoms with Crippen molar-refractivity contribution in [2.24, 2.45) is 0 Å². The summed E-state index contributed by atoms with van der Waals surface area (Å²) in [4.78, 5) is 11.4. The number of carbonyl (C=O) groups is 1. The monoisotopic (exact) mass is 272 g/mol. The zero-order valence-corrected chi connectivity index (χ0v) is 12.3. The Hall–Kier alpha value is -0.610. The molecule has 0 aliphatic carbocycles. The third-order valence-corrected chi connectivity index (χ3v) is 3.53. The minimum atomic E-state index is -0.343. The van der Waals surface area contributed by atoms with Crippen molar-refractivity contribution in [1.82, 2.24) is 0 Å². The zero-order valence-electron chi connectivity index (χ0n) is 12.3. The van der Waals surface area contributed by atoms with Crippen LogP contribution in [0.1, 0.15) is 65.2 Å². The summed E-state index contributed by atoms with van der Waals surface area (Å²) in [6.07, 6.45) is 6.89. The molecule has 1 aliphatic heterocycles. The highest BCUT2D eigenvalue weighted by Crippen LogP contribution is 2.25. The molecular weight excluding hydrogens is 244 g/mol. The van der Waals surface area contributed by atoms with E-state index in [4.69, 9.17) is 9.47 Å². The summed E-state index contributed by atoms with van der Waals surface area (Å²) in [7, 11) is 0. The second-order valence-corrected chi connectivity index (χ2v) is 5.36. The molecule has 0 unspecified atom stereocenters. The van der Waals surface area contributed by atoms with Gasteiger partial charge in [0.1, 0.15) is 0 Å². The van der Waals surface area contributed by atoms with Gasteiger partial charge in [-0.05, 0) is 19.8 Å². The van der Waals surface area contributed by atoms with Crippen LogP contribution in [0, 0.1) is 0 Å². The molecule has 1 N–H and O–H groups in total. The fourth-order valence-corrected chi connectivity index (χ4v) is 2.61. The topological polar surface area (TPSA) is 55.8 Å². The van der Waals surface area contributed by atoms with Gasteiger partial charge in [-0.25, -0.2) is 0 Å². The van der Waals surface area contributed by atoms with E-state index in [0.29, 0.717) is 19.4 Å². The van der Waals surface area contributed by atoms with Gasteiger partial charge in [0, 0.05) is 6.42 Å². The molecular formula is C15H28O4. The van der Waals surface area contributed by atoms with Crippen molar-refractivity contribution in [3.8, 4) is 0 Å². The lowest BCUT2D eigenvalue weighted by Crippen LogP contribution is -2.37. The molecule has 0 aromatic rings. The van der Waals surface area contributed by atoms with Crippen LogP contribution in [0.5, 0.6) is 0 Å². The van der Waals surface area contributed by atoms with Crippen LogP contribution in [0.3, 0.4) is 0 Å². The van der Waals surface area contributed by atoms with Crippen LogP contribution in [-0.4, -0.2) is 36.0 Å². The van der Waals surface area contributed by atoms with Gasteiger partial charge in [0.25, 0.3) is 0 Å². The van der Waals surface area contributed by atoms with Crippen LogP contribution in [-0.2, 0) is 14.3 Å². The molecule has 1 aliphatic rings. The second-order valence-electron chi connectivity index (χ2n) is 5.36. The normalized spacial score (nSPS) is 27.2. The summed E-state index contributed by atoms with van der Waals surface area (Å²) in [5.41, 5.74) is 0. The smallest absolute Gasteiger partial charge is 0.308 e. The quantitative estimate of drug-likeness (QED) is 0.545. The number of hydrogen-bond acceptors (Lipinski definition) is 4. The lowest BCUT2D eigenvalue weighted by molar-refractivity contribution is -0.152. The first-order valence-electron chi connectivity index (χ1n) is 7.64. The van der Waals surface area contributed by atoms with E-state index in [-0.39, 0.29) is 30.7 Å². The third kappa shape index (κ3) is 6.92. The Morgan fingerprint density at radius 3 is 2.63 bits per heavy atom. The van der Waals surface area contributed by atoms with Crippen LogP contribution >= 0.6 is 0 Å². The maximum Gasteiger partial charge on any atom is 0.308 e. The Balaban J connectivity index is 2.29. The Kier molecular flexibility index (Phi) is 8.07. The number of aliphatic hydroxyl groups excluding tert-OH is 1. The number of unbranched alkanes of at least 4 members (excludes halogenated alkanes) is 3. The van der Waals surface area contributed by atoms with Crippen LogP contribution in [0.25, 0.3) is 0 Å². The molecule has 0 spiro atoms. The lowest BCUT2D eigenvalue weighted by atomic mass is 9.96. The first kappa shape index (κ1) is 16.4. The maximum absolute atomic E-state index is 11.4. The average molecular weight is 272 g/mol. The molecule has 4 heteroatoms. The van der Waals surface area contributed by atoms with E-state index in [1.807, 2.05) is 0 Å². The van der Waals surface area contributed by atoms with Crippen LogP contribution in [0.15, 0.2) is 0 Å². The molecule has 19 heavy (non-hydrogen) atoms. The maximum atomic E-state index is 11.4. The summed E-state index contributed by atoms with van der Waals surface area (Å²) in [6.45, 7) is 4.38. The third-order valence-electron chi connectivity index (χ3n) is 3.53. The van der Waals surface area contributed by atoms with Crippen molar-refractivity contribution < 1.29 is 19.4 Å². The first-order valence-corrected chi connectivity index (χ1v) is 7.64. The molecule has 0 amide bonds. The molecule has 112 valence electrons. The van der Waals surface area contributed by atoms with E-state index < -0.39 is 0 Å². The Bertz CT molecular complexity index is 255. The van der Waals surface area contributed by atoms with E-state index in [9.17, 15) is 9.90 Å². The number of hydrogen-bond donors (Lipinski definition) is 1. The van der Waals surface area contributed by atoms with Gasteiger partial charge >= 0.3 is 5.97 Å². The van der Waals surface area contributed by atoms with Crippen molar-refractivity contribution >= 4 is 5.97 Å². The average Bonchev–Trinajstić information content (AvgIpc) is 2.34. The van der Waals surface area contributed by atoms with Crippen LogP contribution < -0.4 is 0 Å². The van der Waals surface area contributed by atoms with Gasteiger partial charge in [-0.1, -0.05) is 32.6 Å². The number of aliphatic hydroxyl groups is 1. The van der Waals surface area contributed by atoms with Gasteiger partial charge in [-0.2, -0.15) is 0 Å². The molecule has 1 fully saturated rings. The van der Waals surface area contributed by atoms with E-state index in [2.05, 4.69) is 6.92 Å². The Morgan fingerprint density at radius 1 is 1.21 bits per heavy atom.